The molecule has 0 aliphatic heterocycles. The number of hydrogen-bond acceptors (Lipinski definition) is 1. The SMILES string of the molecule is CC(C)(C)NCC(Cc1ccccc1F)C1CCCCC1. The minimum absolute atomic E-state index is 0.0472. The molecule has 0 radical (unpaired) electrons. The fourth-order valence-electron chi connectivity index (χ4n) is 3.39. The summed E-state index contributed by atoms with van der Waals surface area (Å²) in [5, 5.41) is 3.64. The second-order valence-electron chi connectivity index (χ2n) is 7.58. The Morgan fingerprint density at radius 1 is 1.14 bits per heavy atom. The van der Waals surface area contributed by atoms with Crippen molar-refractivity contribution < 1.29 is 4.39 Å². The van der Waals surface area contributed by atoms with E-state index in [4.69, 9.17) is 0 Å². The van der Waals surface area contributed by atoms with E-state index in [-0.39, 0.29) is 11.4 Å². The average molecular weight is 291 g/mol. The molecule has 1 unspecified atom stereocenters. The first-order valence-corrected chi connectivity index (χ1v) is 8.44. The molecule has 0 spiro atoms. The van der Waals surface area contributed by atoms with Crippen LogP contribution in [0.1, 0.15) is 58.4 Å². The molecule has 1 N–H and O–H groups in total. The number of benzene rings is 1. The van der Waals surface area contributed by atoms with Gasteiger partial charge in [-0.15, -0.1) is 0 Å². The van der Waals surface area contributed by atoms with E-state index in [1.165, 1.54) is 32.1 Å². The molecular formula is C19H30FN. The van der Waals surface area contributed by atoms with Crippen molar-refractivity contribution in [3.63, 3.8) is 0 Å². The van der Waals surface area contributed by atoms with E-state index in [0.717, 1.165) is 24.4 Å². The molecule has 0 bridgehead atoms. The minimum atomic E-state index is -0.0472. The predicted octanol–water partition coefficient (Wildman–Crippen LogP) is 4.95. The Morgan fingerprint density at radius 2 is 1.81 bits per heavy atom. The number of nitrogens with one attached hydrogen (secondary N) is 1. The normalized spacial score (nSPS) is 18.7. The summed E-state index contributed by atoms with van der Waals surface area (Å²) in [6, 6.07) is 7.27. The Labute approximate surface area is 129 Å². The van der Waals surface area contributed by atoms with E-state index in [1.54, 1.807) is 12.1 Å². The lowest BCUT2D eigenvalue weighted by molar-refractivity contribution is 0.224. The van der Waals surface area contributed by atoms with Crippen LogP contribution in [0, 0.1) is 17.7 Å². The van der Waals surface area contributed by atoms with Crippen molar-refractivity contribution in [2.24, 2.45) is 11.8 Å². The van der Waals surface area contributed by atoms with Crippen LogP contribution in [0.15, 0.2) is 24.3 Å². The lowest BCUT2D eigenvalue weighted by Gasteiger charge is -2.33. The Kier molecular flexibility index (Phi) is 5.80. The summed E-state index contributed by atoms with van der Waals surface area (Å²) in [5.74, 6) is 1.24. The molecule has 0 aromatic heterocycles. The van der Waals surface area contributed by atoms with Gasteiger partial charge in [0.25, 0.3) is 0 Å². The van der Waals surface area contributed by atoms with Crippen LogP contribution < -0.4 is 5.32 Å². The molecule has 1 nitrogen and oxygen atoms in total. The third-order valence-corrected chi connectivity index (χ3v) is 4.65. The number of hydrogen-bond donors (Lipinski definition) is 1. The third-order valence-electron chi connectivity index (χ3n) is 4.65. The van der Waals surface area contributed by atoms with Gasteiger partial charge in [0, 0.05) is 5.54 Å². The van der Waals surface area contributed by atoms with Gasteiger partial charge in [0.15, 0.2) is 0 Å². The van der Waals surface area contributed by atoms with Crippen molar-refractivity contribution in [1.29, 1.82) is 0 Å². The van der Waals surface area contributed by atoms with Crippen LogP contribution >= 0.6 is 0 Å². The minimum Gasteiger partial charge on any atom is -0.312 e. The Balaban J connectivity index is 2.05. The molecule has 1 fully saturated rings. The largest absolute Gasteiger partial charge is 0.312 e. The zero-order chi connectivity index (χ0) is 15.3. The maximum Gasteiger partial charge on any atom is 0.126 e. The van der Waals surface area contributed by atoms with Crippen LogP contribution in [0.4, 0.5) is 4.39 Å². The Morgan fingerprint density at radius 3 is 2.43 bits per heavy atom. The molecule has 21 heavy (non-hydrogen) atoms. The van der Waals surface area contributed by atoms with Gasteiger partial charge in [0.1, 0.15) is 5.82 Å². The highest BCUT2D eigenvalue weighted by Crippen LogP contribution is 2.32. The van der Waals surface area contributed by atoms with Crippen LogP contribution in [0.3, 0.4) is 0 Å². The maximum atomic E-state index is 14.0. The molecule has 1 saturated carbocycles. The first kappa shape index (κ1) is 16.5. The number of rotatable bonds is 5. The summed E-state index contributed by atoms with van der Waals surface area (Å²) in [7, 11) is 0. The Hall–Kier alpha value is -0.890. The quantitative estimate of drug-likeness (QED) is 0.809. The first-order valence-electron chi connectivity index (χ1n) is 8.44. The van der Waals surface area contributed by atoms with Crippen LogP contribution in [0.2, 0.25) is 0 Å². The second kappa shape index (κ2) is 7.40. The highest BCUT2D eigenvalue weighted by molar-refractivity contribution is 5.18. The predicted molar refractivity (Wildman–Crippen MR) is 87.9 cm³/mol. The summed E-state index contributed by atoms with van der Waals surface area (Å²) in [6.07, 6.45) is 7.54. The van der Waals surface area contributed by atoms with Crippen molar-refractivity contribution in [2.75, 3.05) is 6.54 Å². The average Bonchev–Trinajstić information content (AvgIpc) is 2.45. The van der Waals surface area contributed by atoms with E-state index in [0.29, 0.717) is 5.92 Å². The van der Waals surface area contributed by atoms with Crippen molar-refractivity contribution in [3.8, 4) is 0 Å². The standard InChI is InChI=1S/C19H30FN/c1-19(2,3)21-14-17(15-9-5-4-6-10-15)13-16-11-7-8-12-18(16)20/h7-8,11-12,15,17,21H,4-6,9-10,13-14H2,1-3H3. The Bertz CT molecular complexity index is 429. The second-order valence-corrected chi connectivity index (χ2v) is 7.58. The highest BCUT2D eigenvalue weighted by atomic mass is 19.1. The van der Waals surface area contributed by atoms with Gasteiger partial charge in [-0.2, -0.15) is 0 Å². The fraction of sp³-hybridized carbons (Fsp3) is 0.684. The molecule has 2 rings (SSSR count). The van der Waals surface area contributed by atoms with Crippen molar-refractivity contribution in [3.05, 3.63) is 35.6 Å². The fourth-order valence-corrected chi connectivity index (χ4v) is 3.39. The van der Waals surface area contributed by atoms with Gasteiger partial charge in [-0.1, -0.05) is 50.3 Å². The molecule has 1 aliphatic rings. The van der Waals surface area contributed by atoms with Crippen molar-refractivity contribution in [1.82, 2.24) is 5.32 Å². The molecule has 0 saturated heterocycles. The van der Waals surface area contributed by atoms with Crippen LogP contribution in [-0.2, 0) is 6.42 Å². The molecule has 118 valence electrons. The van der Waals surface area contributed by atoms with E-state index in [1.807, 2.05) is 12.1 Å². The molecule has 0 amide bonds. The topological polar surface area (TPSA) is 12.0 Å². The molecular weight excluding hydrogens is 261 g/mol. The van der Waals surface area contributed by atoms with Crippen LogP contribution in [-0.4, -0.2) is 12.1 Å². The monoisotopic (exact) mass is 291 g/mol. The summed E-state index contributed by atoms with van der Waals surface area (Å²) in [5.41, 5.74) is 1.01. The summed E-state index contributed by atoms with van der Waals surface area (Å²) >= 11 is 0. The maximum absolute atomic E-state index is 14.0. The molecule has 1 aromatic rings. The molecule has 1 aliphatic carbocycles. The van der Waals surface area contributed by atoms with E-state index < -0.39 is 0 Å². The van der Waals surface area contributed by atoms with Gasteiger partial charge in [0.05, 0.1) is 0 Å². The van der Waals surface area contributed by atoms with Gasteiger partial charge >= 0.3 is 0 Å². The van der Waals surface area contributed by atoms with Crippen LogP contribution in [0.25, 0.3) is 0 Å². The summed E-state index contributed by atoms with van der Waals surface area (Å²) in [4.78, 5) is 0. The van der Waals surface area contributed by atoms with E-state index in [2.05, 4.69) is 26.1 Å². The van der Waals surface area contributed by atoms with Gasteiger partial charge in [0.2, 0.25) is 0 Å². The molecule has 1 aromatic carbocycles. The smallest absolute Gasteiger partial charge is 0.126 e. The number of halogens is 1. The third kappa shape index (κ3) is 5.43. The zero-order valence-electron chi connectivity index (χ0n) is 13.8. The van der Waals surface area contributed by atoms with Crippen molar-refractivity contribution >= 4 is 0 Å². The first-order chi connectivity index (χ1) is 9.96. The summed E-state index contributed by atoms with van der Waals surface area (Å²) < 4.78 is 14.0. The van der Waals surface area contributed by atoms with Gasteiger partial charge in [-0.05, 0) is 57.2 Å². The molecule has 0 heterocycles. The zero-order valence-corrected chi connectivity index (χ0v) is 13.8. The lowest BCUT2D eigenvalue weighted by Crippen LogP contribution is -2.41. The lowest BCUT2D eigenvalue weighted by atomic mass is 9.77. The van der Waals surface area contributed by atoms with Gasteiger partial charge in [-0.25, -0.2) is 4.39 Å². The van der Waals surface area contributed by atoms with E-state index >= 15 is 0 Å². The van der Waals surface area contributed by atoms with Gasteiger partial charge < -0.3 is 5.32 Å². The molecule has 1 atom stereocenters. The van der Waals surface area contributed by atoms with Gasteiger partial charge in [-0.3, -0.25) is 0 Å². The van der Waals surface area contributed by atoms with Crippen LogP contribution in [0.5, 0.6) is 0 Å². The highest BCUT2D eigenvalue weighted by Gasteiger charge is 2.25. The van der Waals surface area contributed by atoms with Crippen molar-refractivity contribution in [2.45, 2.75) is 64.8 Å². The van der Waals surface area contributed by atoms with E-state index in [9.17, 15) is 4.39 Å². The molecule has 2 heteroatoms. The summed E-state index contributed by atoms with van der Waals surface area (Å²) in [6.45, 7) is 7.60.